The normalized spacial score (nSPS) is 12.3. The second kappa shape index (κ2) is 8.03. The summed E-state index contributed by atoms with van der Waals surface area (Å²) >= 11 is 0. The van der Waals surface area contributed by atoms with E-state index in [9.17, 15) is 22.4 Å². The van der Waals surface area contributed by atoms with E-state index in [0.29, 0.717) is 5.69 Å². The van der Waals surface area contributed by atoms with Gasteiger partial charge in [-0.05, 0) is 42.0 Å². The molecule has 9 heteroatoms. The van der Waals surface area contributed by atoms with Crippen molar-refractivity contribution in [1.82, 2.24) is 15.3 Å². The van der Waals surface area contributed by atoms with Gasteiger partial charge in [0, 0.05) is 12.4 Å². The molecule has 28 heavy (non-hydrogen) atoms. The number of hydrogen-bond donors (Lipinski definition) is 2. The van der Waals surface area contributed by atoms with Gasteiger partial charge >= 0.3 is 12.2 Å². The average Bonchev–Trinajstić information content (AvgIpc) is 2.67. The molecule has 3 rings (SSSR count). The maximum absolute atomic E-state index is 13.4. The minimum atomic E-state index is -4.68. The van der Waals surface area contributed by atoms with Crippen LogP contribution in [0.5, 0.6) is 0 Å². The number of carbonyl (C=O) groups excluding carboxylic acids is 1. The quantitative estimate of drug-likeness (QED) is 0.643. The standard InChI is InChI=1S/C19H14F4N4O/c20-13-7-5-12(6-8-13)16(17-15(19(21,22)23)4-2-10-25-17)27-18(28)26-14-3-1-9-24-11-14/h1-11,16H,(H2,26,27,28)/t16-/m0/s1. The van der Waals surface area contributed by atoms with Gasteiger partial charge in [0.1, 0.15) is 5.82 Å². The fourth-order valence-corrected chi connectivity index (χ4v) is 2.59. The maximum Gasteiger partial charge on any atom is 0.418 e. The Hall–Kier alpha value is -3.49. The van der Waals surface area contributed by atoms with E-state index in [1.807, 2.05) is 0 Å². The van der Waals surface area contributed by atoms with Gasteiger partial charge in [0.2, 0.25) is 0 Å². The second-order valence-corrected chi connectivity index (χ2v) is 5.76. The van der Waals surface area contributed by atoms with Gasteiger partial charge in [0.25, 0.3) is 0 Å². The van der Waals surface area contributed by atoms with Crippen LogP contribution in [0.2, 0.25) is 0 Å². The number of nitrogens with zero attached hydrogens (tertiary/aromatic N) is 2. The Bertz CT molecular complexity index is 946. The van der Waals surface area contributed by atoms with Crippen molar-refractivity contribution in [2.24, 2.45) is 0 Å². The van der Waals surface area contributed by atoms with E-state index in [1.54, 1.807) is 12.1 Å². The number of aromatic nitrogens is 2. The summed E-state index contributed by atoms with van der Waals surface area (Å²) in [5.41, 5.74) is -0.796. The fraction of sp³-hybridized carbons (Fsp3) is 0.105. The molecule has 1 atom stereocenters. The van der Waals surface area contributed by atoms with E-state index >= 15 is 0 Å². The van der Waals surface area contributed by atoms with Gasteiger partial charge < -0.3 is 10.6 Å². The van der Waals surface area contributed by atoms with E-state index in [4.69, 9.17) is 0 Å². The summed E-state index contributed by atoms with van der Waals surface area (Å²) in [7, 11) is 0. The lowest BCUT2D eigenvalue weighted by molar-refractivity contribution is -0.138. The van der Waals surface area contributed by atoms with Gasteiger partial charge in [0.15, 0.2) is 0 Å². The van der Waals surface area contributed by atoms with Crippen LogP contribution in [0.3, 0.4) is 0 Å². The van der Waals surface area contributed by atoms with Crippen LogP contribution < -0.4 is 10.6 Å². The van der Waals surface area contributed by atoms with Crippen molar-refractivity contribution in [3.8, 4) is 0 Å². The second-order valence-electron chi connectivity index (χ2n) is 5.76. The topological polar surface area (TPSA) is 66.9 Å². The zero-order chi connectivity index (χ0) is 20.1. The summed E-state index contributed by atoms with van der Waals surface area (Å²) in [6.45, 7) is 0. The van der Waals surface area contributed by atoms with E-state index in [1.165, 1.54) is 30.7 Å². The lowest BCUT2D eigenvalue weighted by Gasteiger charge is -2.22. The average molecular weight is 390 g/mol. The zero-order valence-electron chi connectivity index (χ0n) is 14.2. The summed E-state index contributed by atoms with van der Waals surface area (Å²) in [4.78, 5) is 20.0. The molecule has 5 nitrogen and oxygen atoms in total. The molecule has 0 saturated carbocycles. The number of pyridine rings is 2. The van der Waals surface area contributed by atoms with Crippen LogP contribution >= 0.6 is 0 Å². The zero-order valence-corrected chi connectivity index (χ0v) is 14.2. The molecular formula is C19H14F4N4O. The van der Waals surface area contributed by atoms with E-state index in [-0.39, 0.29) is 5.56 Å². The molecule has 0 saturated heterocycles. The number of amides is 2. The third-order valence-corrected chi connectivity index (χ3v) is 3.82. The number of carbonyl (C=O) groups is 1. The Kier molecular flexibility index (Phi) is 5.53. The van der Waals surface area contributed by atoms with Crippen LogP contribution in [0, 0.1) is 5.82 Å². The summed E-state index contributed by atoms with van der Waals surface area (Å²) in [5.74, 6) is -0.556. The summed E-state index contributed by atoms with van der Waals surface area (Å²) in [6.07, 6.45) is -0.590. The number of rotatable bonds is 4. The van der Waals surface area contributed by atoms with Gasteiger partial charge in [-0.15, -0.1) is 0 Å². The molecule has 0 aliphatic rings. The van der Waals surface area contributed by atoms with Crippen LogP contribution in [0.4, 0.5) is 28.0 Å². The first-order valence-electron chi connectivity index (χ1n) is 8.10. The molecule has 2 aromatic heterocycles. The molecule has 2 amide bonds. The van der Waals surface area contributed by atoms with Crippen molar-refractivity contribution in [1.29, 1.82) is 0 Å². The molecule has 1 aromatic carbocycles. The third-order valence-electron chi connectivity index (χ3n) is 3.82. The highest BCUT2D eigenvalue weighted by Gasteiger charge is 2.37. The highest BCUT2D eigenvalue weighted by molar-refractivity contribution is 5.89. The molecule has 2 heterocycles. The van der Waals surface area contributed by atoms with Crippen molar-refractivity contribution in [2.45, 2.75) is 12.2 Å². The molecule has 0 fully saturated rings. The molecule has 3 aromatic rings. The molecule has 2 N–H and O–H groups in total. The van der Waals surface area contributed by atoms with Gasteiger partial charge in [-0.2, -0.15) is 13.2 Å². The van der Waals surface area contributed by atoms with Gasteiger partial charge in [-0.1, -0.05) is 12.1 Å². The minimum Gasteiger partial charge on any atom is -0.325 e. The maximum atomic E-state index is 13.4. The van der Waals surface area contributed by atoms with E-state index in [2.05, 4.69) is 20.6 Å². The lowest BCUT2D eigenvalue weighted by atomic mass is 9.99. The molecule has 0 aliphatic carbocycles. The van der Waals surface area contributed by atoms with Crippen molar-refractivity contribution < 1.29 is 22.4 Å². The van der Waals surface area contributed by atoms with Crippen LogP contribution in [0.15, 0.2) is 67.1 Å². The number of alkyl halides is 3. The molecular weight excluding hydrogens is 376 g/mol. The van der Waals surface area contributed by atoms with Crippen LogP contribution in [0.25, 0.3) is 0 Å². The summed E-state index contributed by atoms with van der Waals surface area (Å²) < 4.78 is 53.6. The first-order chi connectivity index (χ1) is 13.3. The first kappa shape index (κ1) is 19.3. The number of urea groups is 1. The fourth-order valence-electron chi connectivity index (χ4n) is 2.59. The SMILES string of the molecule is O=C(Nc1cccnc1)N[C@@H](c1ccc(F)cc1)c1ncccc1C(F)(F)F. The highest BCUT2D eigenvalue weighted by Crippen LogP contribution is 2.35. The minimum absolute atomic E-state index is 0.243. The number of halogens is 4. The van der Waals surface area contributed by atoms with Crippen molar-refractivity contribution in [3.63, 3.8) is 0 Å². The predicted octanol–water partition coefficient (Wildman–Crippen LogP) is 4.55. The number of hydrogen-bond acceptors (Lipinski definition) is 3. The predicted molar refractivity (Wildman–Crippen MR) is 93.9 cm³/mol. The largest absolute Gasteiger partial charge is 0.418 e. The van der Waals surface area contributed by atoms with Gasteiger partial charge in [0.05, 0.1) is 29.2 Å². The van der Waals surface area contributed by atoms with Crippen molar-refractivity contribution in [2.75, 3.05) is 5.32 Å². The van der Waals surface area contributed by atoms with Crippen molar-refractivity contribution >= 4 is 11.7 Å². The molecule has 144 valence electrons. The highest BCUT2D eigenvalue weighted by atomic mass is 19.4. The number of benzene rings is 1. The monoisotopic (exact) mass is 390 g/mol. The Morgan fingerprint density at radius 3 is 2.36 bits per heavy atom. The summed E-state index contributed by atoms with van der Waals surface area (Å²) in [5, 5.41) is 4.95. The molecule has 0 bridgehead atoms. The first-order valence-corrected chi connectivity index (χ1v) is 8.10. The van der Waals surface area contributed by atoms with E-state index < -0.39 is 35.3 Å². The molecule has 0 spiro atoms. The van der Waals surface area contributed by atoms with Gasteiger partial charge in [-0.3, -0.25) is 9.97 Å². The Morgan fingerprint density at radius 1 is 1.00 bits per heavy atom. The molecule has 0 aliphatic heterocycles. The Labute approximate surface area is 157 Å². The van der Waals surface area contributed by atoms with Crippen LogP contribution in [-0.2, 0) is 6.18 Å². The van der Waals surface area contributed by atoms with Gasteiger partial charge in [-0.25, -0.2) is 9.18 Å². The summed E-state index contributed by atoms with van der Waals surface area (Å²) in [6, 6.07) is 7.95. The number of anilines is 1. The van der Waals surface area contributed by atoms with E-state index in [0.717, 1.165) is 24.3 Å². The molecule has 0 radical (unpaired) electrons. The third kappa shape index (κ3) is 4.61. The number of nitrogens with one attached hydrogen (secondary N) is 2. The van der Waals surface area contributed by atoms with Crippen molar-refractivity contribution in [3.05, 3.63) is 89.8 Å². The Balaban J connectivity index is 1.97. The lowest BCUT2D eigenvalue weighted by Crippen LogP contribution is -2.35. The van der Waals surface area contributed by atoms with Crippen LogP contribution in [0.1, 0.15) is 22.9 Å². The Morgan fingerprint density at radius 2 is 1.71 bits per heavy atom. The smallest absolute Gasteiger partial charge is 0.325 e. The van der Waals surface area contributed by atoms with Crippen LogP contribution in [-0.4, -0.2) is 16.0 Å². The molecule has 0 unspecified atom stereocenters.